The second-order valence-electron chi connectivity index (χ2n) is 4.74. The molecule has 1 aliphatic heterocycles. The fourth-order valence-corrected chi connectivity index (χ4v) is 2.23. The Kier molecular flexibility index (Phi) is 3.97. The van der Waals surface area contributed by atoms with Crippen LogP contribution in [0.15, 0.2) is 24.3 Å². The molecule has 1 saturated heterocycles. The monoisotopic (exact) mass is 250 g/mol. The Morgan fingerprint density at radius 3 is 2.41 bits per heavy atom. The third kappa shape index (κ3) is 3.41. The predicted octanol–water partition coefficient (Wildman–Crippen LogP) is 0.522. The van der Waals surface area contributed by atoms with E-state index in [1.54, 1.807) is 4.90 Å². The quantitative estimate of drug-likeness (QED) is 0.709. The highest BCUT2D eigenvalue weighted by molar-refractivity contribution is 7.80. The zero-order valence-corrected chi connectivity index (χ0v) is 11.3. The molecule has 1 heterocycles. The van der Waals surface area contributed by atoms with Crippen molar-refractivity contribution in [2.45, 2.75) is 6.92 Å². The highest BCUT2D eigenvalue weighted by Gasteiger charge is 2.18. The summed E-state index contributed by atoms with van der Waals surface area (Å²) in [6, 6.07) is 8.34. The van der Waals surface area contributed by atoms with Crippen LogP contribution in [0.2, 0.25) is 0 Å². The normalized spacial score (nSPS) is 16.9. The second kappa shape index (κ2) is 5.47. The molecule has 2 N–H and O–H groups in total. The number of anilines is 1. The molecule has 1 aliphatic rings. The smallest absolute Gasteiger partial charge is 0.173 e. The van der Waals surface area contributed by atoms with E-state index < -0.39 is 0 Å². The zero-order valence-electron chi connectivity index (χ0n) is 10.5. The molecule has 0 spiro atoms. The largest absolute Gasteiger partial charge is 0.338 e. The van der Waals surface area contributed by atoms with E-state index in [2.05, 4.69) is 48.5 Å². The predicted molar refractivity (Wildman–Crippen MR) is 75.6 cm³/mol. The molecular weight excluding hydrogens is 230 g/mol. The van der Waals surface area contributed by atoms with Crippen molar-refractivity contribution in [1.29, 1.82) is 0 Å². The third-order valence-corrected chi connectivity index (χ3v) is 3.57. The molecule has 0 atom stereocenters. The Morgan fingerprint density at radius 1 is 1.24 bits per heavy atom. The van der Waals surface area contributed by atoms with Crippen molar-refractivity contribution in [3.05, 3.63) is 29.8 Å². The lowest BCUT2D eigenvalue weighted by Gasteiger charge is -2.32. The average molecular weight is 250 g/mol. The highest BCUT2D eigenvalue weighted by atomic mass is 32.1. The van der Waals surface area contributed by atoms with Crippen LogP contribution in [0.4, 0.5) is 5.69 Å². The van der Waals surface area contributed by atoms with Gasteiger partial charge in [-0.15, -0.1) is 0 Å². The van der Waals surface area contributed by atoms with E-state index in [-0.39, 0.29) is 0 Å². The molecule has 0 radical (unpaired) electrons. The maximum atomic E-state index is 5.43. The lowest BCUT2D eigenvalue weighted by Crippen LogP contribution is -3.12. The van der Waals surface area contributed by atoms with E-state index in [1.807, 2.05) is 0 Å². The van der Waals surface area contributed by atoms with Crippen LogP contribution in [-0.2, 0) is 0 Å². The molecular formula is C13H20N3S+. The number of quaternary nitrogens is 1. The van der Waals surface area contributed by atoms with Crippen LogP contribution in [0.3, 0.4) is 0 Å². The zero-order chi connectivity index (χ0) is 12.3. The topological polar surface area (TPSA) is 19.7 Å². The highest BCUT2D eigenvalue weighted by Crippen LogP contribution is 2.09. The van der Waals surface area contributed by atoms with Gasteiger partial charge in [-0.3, -0.25) is 0 Å². The van der Waals surface area contributed by atoms with Gasteiger partial charge in [-0.2, -0.15) is 0 Å². The van der Waals surface area contributed by atoms with Gasteiger partial charge in [0, 0.05) is 5.69 Å². The lowest BCUT2D eigenvalue weighted by atomic mass is 10.2. The van der Waals surface area contributed by atoms with Crippen molar-refractivity contribution in [3.63, 3.8) is 0 Å². The fraction of sp³-hybridized carbons (Fsp3) is 0.462. The van der Waals surface area contributed by atoms with E-state index in [1.165, 1.54) is 5.56 Å². The maximum absolute atomic E-state index is 5.43. The van der Waals surface area contributed by atoms with Gasteiger partial charge in [-0.1, -0.05) is 17.7 Å². The van der Waals surface area contributed by atoms with Crippen molar-refractivity contribution in [2.24, 2.45) is 0 Å². The molecule has 0 aliphatic carbocycles. The van der Waals surface area contributed by atoms with Crippen molar-refractivity contribution >= 4 is 23.0 Å². The summed E-state index contributed by atoms with van der Waals surface area (Å²) in [6.07, 6.45) is 0. The molecule has 4 heteroatoms. The Morgan fingerprint density at radius 2 is 1.82 bits per heavy atom. The van der Waals surface area contributed by atoms with Crippen molar-refractivity contribution in [1.82, 2.24) is 4.90 Å². The van der Waals surface area contributed by atoms with Crippen molar-refractivity contribution in [3.8, 4) is 0 Å². The Balaban J connectivity index is 1.90. The molecule has 0 aromatic heterocycles. The number of hydrogen-bond acceptors (Lipinski definition) is 1. The Labute approximate surface area is 108 Å². The fourth-order valence-electron chi connectivity index (χ4n) is 1.93. The van der Waals surface area contributed by atoms with Gasteiger partial charge in [0.15, 0.2) is 5.11 Å². The van der Waals surface area contributed by atoms with Gasteiger partial charge >= 0.3 is 0 Å². The van der Waals surface area contributed by atoms with E-state index in [9.17, 15) is 0 Å². The Hall–Kier alpha value is -1.13. The number of nitrogens with zero attached hydrogens (tertiary/aromatic N) is 1. The molecule has 2 rings (SSSR count). The number of thiocarbonyl (C=S) groups is 1. The number of benzene rings is 1. The first kappa shape index (κ1) is 12.3. The van der Waals surface area contributed by atoms with Crippen molar-refractivity contribution in [2.75, 3.05) is 38.5 Å². The van der Waals surface area contributed by atoms with Gasteiger partial charge < -0.3 is 15.1 Å². The maximum Gasteiger partial charge on any atom is 0.173 e. The number of likely N-dealkylation sites (N-methyl/N-ethyl adjacent to an activating group) is 1. The molecule has 0 saturated carbocycles. The minimum atomic E-state index is 0.848. The summed E-state index contributed by atoms with van der Waals surface area (Å²) < 4.78 is 0. The summed E-state index contributed by atoms with van der Waals surface area (Å²) in [7, 11) is 2.23. The van der Waals surface area contributed by atoms with Crippen molar-refractivity contribution < 1.29 is 4.90 Å². The van der Waals surface area contributed by atoms with E-state index in [4.69, 9.17) is 12.2 Å². The average Bonchev–Trinajstić information content (AvgIpc) is 2.33. The first-order valence-corrected chi connectivity index (χ1v) is 6.50. The summed E-state index contributed by atoms with van der Waals surface area (Å²) in [5, 5.41) is 4.15. The van der Waals surface area contributed by atoms with Gasteiger partial charge in [0.05, 0.1) is 33.2 Å². The van der Waals surface area contributed by atoms with Crippen LogP contribution < -0.4 is 10.2 Å². The van der Waals surface area contributed by atoms with Gasteiger partial charge in [0.2, 0.25) is 0 Å². The van der Waals surface area contributed by atoms with Crippen LogP contribution in [0.5, 0.6) is 0 Å². The van der Waals surface area contributed by atoms with Gasteiger partial charge in [0.25, 0.3) is 0 Å². The molecule has 3 nitrogen and oxygen atoms in total. The second-order valence-corrected chi connectivity index (χ2v) is 5.13. The molecule has 0 amide bonds. The van der Waals surface area contributed by atoms with E-state index in [0.29, 0.717) is 0 Å². The summed E-state index contributed by atoms with van der Waals surface area (Å²) in [5.74, 6) is 0. The first-order chi connectivity index (χ1) is 8.15. The summed E-state index contributed by atoms with van der Waals surface area (Å²) >= 11 is 5.43. The van der Waals surface area contributed by atoms with Gasteiger partial charge in [-0.25, -0.2) is 0 Å². The first-order valence-electron chi connectivity index (χ1n) is 6.09. The SMILES string of the molecule is Cc1ccc(NC(=S)N2CC[NH+](C)CC2)cc1. The van der Waals surface area contributed by atoms with Crippen LogP contribution in [0, 0.1) is 6.92 Å². The molecule has 0 unspecified atom stereocenters. The summed E-state index contributed by atoms with van der Waals surface area (Å²) in [5.41, 5.74) is 2.34. The minimum Gasteiger partial charge on any atom is -0.338 e. The van der Waals surface area contributed by atoms with Crippen LogP contribution in [0.1, 0.15) is 5.56 Å². The summed E-state index contributed by atoms with van der Waals surface area (Å²) in [6.45, 7) is 6.50. The molecule has 1 aromatic rings. The number of piperazine rings is 1. The molecule has 1 aromatic carbocycles. The van der Waals surface area contributed by atoms with Crippen LogP contribution in [0.25, 0.3) is 0 Å². The molecule has 17 heavy (non-hydrogen) atoms. The number of aryl methyl sites for hydroxylation is 1. The molecule has 0 bridgehead atoms. The summed E-state index contributed by atoms with van der Waals surface area (Å²) in [4.78, 5) is 3.83. The number of rotatable bonds is 1. The van der Waals surface area contributed by atoms with Gasteiger partial charge in [-0.05, 0) is 31.3 Å². The minimum absolute atomic E-state index is 0.848. The molecule has 92 valence electrons. The standard InChI is InChI=1S/C13H19N3S/c1-11-3-5-12(6-4-11)14-13(17)16-9-7-15(2)8-10-16/h3-6H,7-10H2,1-2H3,(H,14,17)/p+1. The Bertz CT molecular complexity index is 380. The van der Waals surface area contributed by atoms with Crippen LogP contribution in [-0.4, -0.2) is 43.2 Å². The lowest BCUT2D eigenvalue weighted by molar-refractivity contribution is -0.883. The number of nitrogens with one attached hydrogen (secondary N) is 2. The van der Waals surface area contributed by atoms with Gasteiger partial charge in [0.1, 0.15) is 0 Å². The molecule has 1 fully saturated rings. The van der Waals surface area contributed by atoms with E-state index in [0.717, 1.165) is 37.0 Å². The number of hydrogen-bond donors (Lipinski definition) is 2. The van der Waals surface area contributed by atoms with Crippen LogP contribution >= 0.6 is 12.2 Å². The third-order valence-electron chi connectivity index (χ3n) is 3.21. The van der Waals surface area contributed by atoms with E-state index >= 15 is 0 Å².